The van der Waals surface area contributed by atoms with E-state index in [0.29, 0.717) is 25.5 Å². The zero-order chi connectivity index (χ0) is 20.4. The van der Waals surface area contributed by atoms with Crippen LogP contribution >= 0.6 is 0 Å². The number of carbonyl (C=O) groups excluding carboxylic acids is 2. The van der Waals surface area contributed by atoms with Crippen molar-refractivity contribution in [3.63, 3.8) is 0 Å². The molecule has 3 heterocycles. The van der Waals surface area contributed by atoms with Crippen molar-refractivity contribution in [3.05, 3.63) is 47.9 Å². The van der Waals surface area contributed by atoms with Gasteiger partial charge in [-0.2, -0.15) is 0 Å². The molecule has 2 unspecified atom stereocenters. The fraction of sp³-hybridized carbons (Fsp3) is 0.455. The van der Waals surface area contributed by atoms with Gasteiger partial charge >= 0.3 is 0 Å². The Bertz CT molecular complexity index is 902. The molecule has 152 valence electrons. The van der Waals surface area contributed by atoms with Crippen molar-refractivity contribution in [2.75, 3.05) is 24.5 Å². The van der Waals surface area contributed by atoms with Crippen molar-refractivity contribution in [1.82, 2.24) is 14.9 Å². The molecule has 0 radical (unpaired) electrons. The smallest absolute Gasteiger partial charge is 0.228 e. The average Bonchev–Trinajstić information content (AvgIpc) is 3.12. The van der Waals surface area contributed by atoms with E-state index in [2.05, 4.69) is 9.97 Å². The van der Waals surface area contributed by atoms with Crippen LogP contribution in [0.1, 0.15) is 30.4 Å². The Kier molecular flexibility index (Phi) is 5.47. The number of aromatic nitrogens is 2. The van der Waals surface area contributed by atoms with Gasteiger partial charge in [-0.05, 0) is 49.9 Å². The van der Waals surface area contributed by atoms with E-state index in [1.54, 1.807) is 17.2 Å². The number of anilines is 1. The largest absolute Gasteiger partial charge is 0.472 e. The average molecular weight is 394 g/mol. The number of carbonyl (C=O) groups is 2. The van der Waals surface area contributed by atoms with Crippen LogP contribution in [0.5, 0.6) is 5.88 Å². The van der Waals surface area contributed by atoms with Crippen molar-refractivity contribution < 1.29 is 14.3 Å². The molecule has 7 nitrogen and oxygen atoms in total. The quantitative estimate of drug-likeness (QED) is 0.797. The topological polar surface area (TPSA) is 75.6 Å². The van der Waals surface area contributed by atoms with Crippen molar-refractivity contribution in [2.45, 2.75) is 39.2 Å². The fourth-order valence-electron chi connectivity index (χ4n) is 4.03. The van der Waals surface area contributed by atoms with E-state index in [1.807, 2.05) is 36.9 Å². The second-order valence-corrected chi connectivity index (χ2v) is 7.89. The Balaban J connectivity index is 1.40. The number of amides is 2. The first-order valence-electron chi connectivity index (χ1n) is 10.1. The summed E-state index contributed by atoms with van der Waals surface area (Å²) in [5.74, 6) is 0.274. The van der Waals surface area contributed by atoms with Gasteiger partial charge in [0.2, 0.25) is 17.7 Å². The predicted molar refractivity (Wildman–Crippen MR) is 109 cm³/mol. The molecule has 1 aromatic heterocycles. The number of benzene rings is 1. The molecule has 2 aliphatic rings. The summed E-state index contributed by atoms with van der Waals surface area (Å²) in [4.78, 5) is 37.3. The summed E-state index contributed by atoms with van der Waals surface area (Å²) in [6.07, 6.45) is 5.02. The molecule has 2 aromatic rings. The first-order valence-corrected chi connectivity index (χ1v) is 10.1. The van der Waals surface area contributed by atoms with Crippen LogP contribution < -0.4 is 9.64 Å². The van der Waals surface area contributed by atoms with Crippen molar-refractivity contribution >= 4 is 17.5 Å². The highest BCUT2D eigenvalue weighted by molar-refractivity contribution is 6.00. The van der Waals surface area contributed by atoms with Crippen molar-refractivity contribution in [2.24, 2.45) is 5.92 Å². The molecule has 0 spiro atoms. The number of rotatable bonds is 4. The first-order chi connectivity index (χ1) is 14.0. The Hall–Kier alpha value is -2.96. The number of hydrogen-bond acceptors (Lipinski definition) is 5. The maximum atomic E-state index is 13.1. The second kappa shape index (κ2) is 8.19. The zero-order valence-electron chi connectivity index (χ0n) is 16.9. The van der Waals surface area contributed by atoms with Crippen LogP contribution in [0.15, 0.2) is 36.8 Å². The van der Waals surface area contributed by atoms with Gasteiger partial charge in [0.15, 0.2) is 0 Å². The molecule has 0 saturated carbocycles. The minimum Gasteiger partial charge on any atom is -0.472 e. The van der Waals surface area contributed by atoms with E-state index in [1.165, 1.54) is 11.9 Å². The Labute approximate surface area is 170 Å². The molecule has 29 heavy (non-hydrogen) atoms. The van der Waals surface area contributed by atoms with Gasteiger partial charge in [-0.3, -0.25) is 9.59 Å². The van der Waals surface area contributed by atoms with Gasteiger partial charge in [0.25, 0.3) is 0 Å². The number of aryl methyl sites for hydroxylation is 2. The molecule has 2 saturated heterocycles. The van der Waals surface area contributed by atoms with Crippen LogP contribution in [0.2, 0.25) is 0 Å². The van der Waals surface area contributed by atoms with Gasteiger partial charge in [-0.1, -0.05) is 6.07 Å². The van der Waals surface area contributed by atoms with E-state index < -0.39 is 0 Å². The number of ether oxygens (including phenoxy) is 1. The SMILES string of the molecule is Cc1ccc(N2CC(C(=O)N3CCCC(Oc4ccncn4)C3)CC2=O)cc1C. The number of nitrogens with zero attached hydrogens (tertiary/aromatic N) is 4. The Morgan fingerprint density at radius 1 is 1.17 bits per heavy atom. The van der Waals surface area contributed by atoms with E-state index in [4.69, 9.17) is 4.74 Å². The summed E-state index contributed by atoms with van der Waals surface area (Å²) >= 11 is 0. The molecule has 0 N–H and O–H groups in total. The lowest BCUT2D eigenvalue weighted by Gasteiger charge is -2.34. The third kappa shape index (κ3) is 4.23. The van der Waals surface area contributed by atoms with Crippen molar-refractivity contribution in [3.8, 4) is 5.88 Å². The van der Waals surface area contributed by atoms with Crippen LogP contribution in [0.25, 0.3) is 0 Å². The molecule has 0 aliphatic carbocycles. The highest BCUT2D eigenvalue weighted by Gasteiger charge is 2.38. The minimum atomic E-state index is -0.304. The predicted octanol–water partition coefficient (Wildman–Crippen LogP) is 2.52. The molecule has 2 fully saturated rings. The molecule has 2 amide bonds. The standard InChI is InChI=1S/C22H26N4O3/c1-15-5-6-18(10-16(15)2)26-12-17(11-21(26)27)22(28)25-9-3-4-19(13-25)29-20-7-8-23-14-24-20/h5-8,10,14,17,19H,3-4,9,11-13H2,1-2H3. The maximum Gasteiger partial charge on any atom is 0.228 e. The monoisotopic (exact) mass is 394 g/mol. The molecule has 7 heteroatoms. The Morgan fingerprint density at radius 3 is 2.79 bits per heavy atom. The van der Waals surface area contributed by atoms with E-state index in [0.717, 1.165) is 24.1 Å². The van der Waals surface area contributed by atoms with Crippen LogP contribution in [-0.2, 0) is 9.59 Å². The lowest BCUT2D eigenvalue weighted by molar-refractivity contribution is -0.138. The summed E-state index contributed by atoms with van der Waals surface area (Å²) in [6, 6.07) is 7.72. The first kappa shape index (κ1) is 19.4. The molecule has 2 aliphatic heterocycles. The molecule has 0 bridgehead atoms. The molecule has 4 rings (SSSR count). The minimum absolute atomic E-state index is 0.0115. The summed E-state index contributed by atoms with van der Waals surface area (Å²) < 4.78 is 5.91. The van der Waals surface area contributed by atoms with Gasteiger partial charge in [-0.15, -0.1) is 0 Å². The van der Waals surface area contributed by atoms with E-state index in [-0.39, 0.29) is 30.3 Å². The number of piperidine rings is 1. The van der Waals surface area contributed by atoms with Crippen LogP contribution in [-0.4, -0.2) is 52.4 Å². The highest BCUT2D eigenvalue weighted by Crippen LogP contribution is 2.29. The maximum absolute atomic E-state index is 13.1. The van der Waals surface area contributed by atoms with Gasteiger partial charge in [0, 0.05) is 37.5 Å². The third-order valence-electron chi connectivity index (χ3n) is 5.81. The number of hydrogen-bond donors (Lipinski definition) is 0. The summed E-state index contributed by atoms with van der Waals surface area (Å²) in [5.41, 5.74) is 3.21. The second-order valence-electron chi connectivity index (χ2n) is 7.89. The number of likely N-dealkylation sites (tertiary alicyclic amines) is 1. The van der Waals surface area contributed by atoms with E-state index in [9.17, 15) is 9.59 Å². The lowest BCUT2D eigenvalue weighted by atomic mass is 10.0. The molecule has 1 aromatic carbocycles. The van der Waals surface area contributed by atoms with Crippen LogP contribution in [0.3, 0.4) is 0 Å². The van der Waals surface area contributed by atoms with Gasteiger partial charge in [0.05, 0.1) is 12.5 Å². The van der Waals surface area contributed by atoms with Crippen LogP contribution in [0.4, 0.5) is 5.69 Å². The van der Waals surface area contributed by atoms with Crippen LogP contribution in [0, 0.1) is 19.8 Å². The third-order valence-corrected chi connectivity index (χ3v) is 5.81. The summed E-state index contributed by atoms with van der Waals surface area (Å²) in [6.45, 7) is 5.75. The normalized spacial score (nSPS) is 22.1. The lowest BCUT2D eigenvalue weighted by Crippen LogP contribution is -2.47. The van der Waals surface area contributed by atoms with Crippen molar-refractivity contribution in [1.29, 1.82) is 0 Å². The highest BCUT2D eigenvalue weighted by atomic mass is 16.5. The van der Waals surface area contributed by atoms with Gasteiger partial charge in [-0.25, -0.2) is 9.97 Å². The zero-order valence-corrected chi connectivity index (χ0v) is 16.9. The van der Waals surface area contributed by atoms with E-state index >= 15 is 0 Å². The molecular formula is C22H26N4O3. The molecule has 2 atom stereocenters. The summed E-state index contributed by atoms with van der Waals surface area (Å²) in [7, 11) is 0. The molecular weight excluding hydrogens is 368 g/mol. The summed E-state index contributed by atoms with van der Waals surface area (Å²) in [5, 5.41) is 0. The van der Waals surface area contributed by atoms with Gasteiger partial charge in [0.1, 0.15) is 12.4 Å². The van der Waals surface area contributed by atoms with Gasteiger partial charge < -0.3 is 14.5 Å². The Morgan fingerprint density at radius 2 is 2.03 bits per heavy atom. The fourth-order valence-corrected chi connectivity index (χ4v) is 4.03.